The molecule has 0 saturated heterocycles. The summed E-state index contributed by atoms with van der Waals surface area (Å²) in [6, 6.07) is 4.31. The van der Waals surface area contributed by atoms with E-state index in [1.165, 1.54) is 6.07 Å². The molecule has 0 aliphatic rings. The van der Waals surface area contributed by atoms with Crippen molar-refractivity contribution in [3.05, 3.63) is 39.7 Å². The molecule has 2 aromatic rings. The van der Waals surface area contributed by atoms with Crippen LogP contribution in [0.1, 0.15) is 31.4 Å². The van der Waals surface area contributed by atoms with Crippen LogP contribution in [0.3, 0.4) is 0 Å². The number of amides is 3. The fraction of sp³-hybridized carbons (Fsp3) is 0.389. The van der Waals surface area contributed by atoms with Gasteiger partial charge in [-0.25, -0.2) is 9.59 Å². The molecule has 0 fully saturated rings. The number of rotatable bonds is 5. The summed E-state index contributed by atoms with van der Waals surface area (Å²) in [5.41, 5.74) is 1.41. The number of imide groups is 1. The summed E-state index contributed by atoms with van der Waals surface area (Å²) in [5, 5.41) is 5.64. The average molecular weight is 346 g/mol. The van der Waals surface area contributed by atoms with E-state index in [4.69, 9.17) is 9.15 Å². The number of carbonyl (C=O) groups excluding carboxylic acids is 2. The second kappa shape index (κ2) is 7.83. The first-order valence-corrected chi connectivity index (χ1v) is 8.09. The molecule has 1 aromatic heterocycles. The van der Waals surface area contributed by atoms with Crippen molar-refractivity contribution < 1.29 is 18.7 Å². The van der Waals surface area contributed by atoms with Crippen molar-refractivity contribution in [2.45, 2.75) is 40.2 Å². The first-order chi connectivity index (χ1) is 11.8. The molecule has 0 saturated carbocycles. The van der Waals surface area contributed by atoms with Gasteiger partial charge >= 0.3 is 11.7 Å². The molecule has 0 unspecified atom stereocenters. The zero-order valence-corrected chi connectivity index (χ0v) is 14.8. The Hall–Kier alpha value is -2.83. The third kappa shape index (κ3) is 4.59. The minimum atomic E-state index is -0.564. The first kappa shape index (κ1) is 18.5. The second-order valence-electron chi connectivity index (χ2n) is 5.93. The van der Waals surface area contributed by atoms with E-state index in [0.29, 0.717) is 16.9 Å². The minimum absolute atomic E-state index is 0.0254. The van der Waals surface area contributed by atoms with Gasteiger partial charge in [0.15, 0.2) is 6.61 Å². The van der Waals surface area contributed by atoms with Crippen molar-refractivity contribution in [1.29, 1.82) is 0 Å². The van der Waals surface area contributed by atoms with Crippen LogP contribution in [-0.2, 0) is 4.79 Å². The quantitative estimate of drug-likeness (QED) is 0.810. The standard InChI is InChI=1S/C18H22N2O5/c1-5-11(3)19-18(23)20-15(21)9-24-14-7-6-13-10(2)8-16(22)25-17(13)12(14)4/h6-8,11H,5,9H2,1-4H3,(H2,19,20,21,23)/t11-/m1/s1. The van der Waals surface area contributed by atoms with Crippen LogP contribution >= 0.6 is 0 Å². The van der Waals surface area contributed by atoms with Gasteiger partial charge in [-0.05, 0) is 44.9 Å². The number of carbonyl (C=O) groups is 2. The Bertz CT molecular complexity index is 856. The molecule has 7 heteroatoms. The predicted octanol–water partition coefficient (Wildman–Crippen LogP) is 2.41. The Morgan fingerprint density at radius 3 is 2.68 bits per heavy atom. The molecule has 25 heavy (non-hydrogen) atoms. The lowest BCUT2D eigenvalue weighted by Crippen LogP contribution is -2.44. The molecule has 1 aromatic carbocycles. The fourth-order valence-corrected chi connectivity index (χ4v) is 2.32. The highest BCUT2D eigenvalue weighted by Crippen LogP contribution is 2.27. The molecule has 1 atom stereocenters. The van der Waals surface area contributed by atoms with E-state index in [9.17, 15) is 14.4 Å². The molecule has 0 spiro atoms. The van der Waals surface area contributed by atoms with Gasteiger partial charge in [-0.15, -0.1) is 0 Å². The van der Waals surface area contributed by atoms with Crippen molar-refractivity contribution in [2.24, 2.45) is 0 Å². The van der Waals surface area contributed by atoms with Gasteiger partial charge in [-0.2, -0.15) is 0 Å². The Morgan fingerprint density at radius 1 is 1.28 bits per heavy atom. The molecule has 0 aliphatic carbocycles. The van der Waals surface area contributed by atoms with Crippen molar-refractivity contribution in [1.82, 2.24) is 10.6 Å². The SMILES string of the molecule is CC[C@@H](C)NC(=O)NC(=O)COc1ccc2c(C)cc(=O)oc2c1C. The van der Waals surface area contributed by atoms with Crippen LogP contribution in [0.5, 0.6) is 5.75 Å². The minimum Gasteiger partial charge on any atom is -0.483 e. The second-order valence-corrected chi connectivity index (χ2v) is 5.93. The monoisotopic (exact) mass is 346 g/mol. The summed E-state index contributed by atoms with van der Waals surface area (Å²) >= 11 is 0. The maximum Gasteiger partial charge on any atom is 0.336 e. The van der Waals surface area contributed by atoms with E-state index in [0.717, 1.165) is 17.4 Å². The summed E-state index contributed by atoms with van der Waals surface area (Å²) < 4.78 is 10.7. The average Bonchev–Trinajstić information content (AvgIpc) is 2.54. The topological polar surface area (TPSA) is 97.6 Å². The molecule has 3 amide bonds. The molecule has 2 N–H and O–H groups in total. The maximum absolute atomic E-state index is 11.8. The van der Waals surface area contributed by atoms with E-state index < -0.39 is 17.6 Å². The van der Waals surface area contributed by atoms with Gasteiger partial charge in [-0.3, -0.25) is 10.1 Å². The highest BCUT2D eigenvalue weighted by molar-refractivity contribution is 5.95. The molecule has 0 radical (unpaired) electrons. The van der Waals surface area contributed by atoms with Gasteiger partial charge in [0.25, 0.3) is 5.91 Å². The van der Waals surface area contributed by atoms with E-state index in [1.807, 2.05) is 20.8 Å². The van der Waals surface area contributed by atoms with Gasteiger partial charge in [0.1, 0.15) is 11.3 Å². The van der Waals surface area contributed by atoms with Crippen molar-refractivity contribution in [3.8, 4) is 5.75 Å². The van der Waals surface area contributed by atoms with Gasteiger partial charge in [0.2, 0.25) is 0 Å². The van der Waals surface area contributed by atoms with Crippen LogP contribution in [0.4, 0.5) is 4.79 Å². The van der Waals surface area contributed by atoms with Gasteiger partial charge < -0.3 is 14.5 Å². The summed E-state index contributed by atoms with van der Waals surface area (Å²) in [4.78, 5) is 35.0. The Kier molecular flexibility index (Phi) is 5.80. The molecule has 134 valence electrons. The summed E-state index contributed by atoms with van der Waals surface area (Å²) in [6.07, 6.45) is 0.763. The fourth-order valence-electron chi connectivity index (χ4n) is 2.32. The maximum atomic E-state index is 11.8. The number of aryl methyl sites for hydroxylation is 2. The molecule has 0 aliphatic heterocycles. The van der Waals surface area contributed by atoms with Crippen molar-refractivity contribution in [3.63, 3.8) is 0 Å². The normalized spacial score (nSPS) is 11.8. The Balaban J connectivity index is 2.06. The van der Waals surface area contributed by atoms with Crippen LogP contribution in [-0.4, -0.2) is 24.6 Å². The van der Waals surface area contributed by atoms with Gasteiger partial charge in [-0.1, -0.05) is 6.92 Å². The number of benzene rings is 1. The summed E-state index contributed by atoms with van der Waals surface area (Å²) in [5.74, 6) is -0.148. The lowest BCUT2D eigenvalue weighted by atomic mass is 10.1. The van der Waals surface area contributed by atoms with Crippen molar-refractivity contribution >= 4 is 22.9 Å². The number of hydrogen-bond acceptors (Lipinski definition) is 5. The molecule has 1 heterocycles. The number of fused-ring (bicyclic) bond motifs is 1. The molecule has 0 bridgehead atoms. The number of urea groups is 1. The summed E-state index contributed by atoms with van der Waals surface area (Å²) in [7, 11) is 0. The van der Waals surface area contributed by atoms with Crippen LogP contribution in [0.15, 0.2) is 27.4 Å². The van der Waals surface area contributed by atoms with E-state index in [-0.39, 0.29) is 12.6 Å². The van der Waals surface area contributed by atoms with Crippen molar-refractivity contribution in [2.75, 3.05) is 6.61 Å². The van der Waals surface area contributed by atoms with E-state index in [1.54, 1.807) is 19.1 Å². The van der Waals surface area contributed by atoms with Crippen LogP contribution in [0.25, 0.3) is 11.0 Å². The lowest BCUT2D eigenvalue weighted by Gasteiger charge is -2.13. The highest BCUT2D eigenvalue weighted by Gasteiger charge is 2.13. The van der Waals surface area contributed by atoms with Crippen LogP contribution < -0.4 is 21.0 Å². The zero-order valence-electron chi connectivity index (χ0n) is 14.8. The molecular weight excluding hydrogens is 324 g/mol. The van der Waals surface area contributed by atoms with E-state index in [2.05, 4.69) is 10.6 Å². The zero-order chi connectivity index (χ0) is 18.6. The van der Waals surface area contributed by atoms with Crippen LogP contribution in [0.2, 0.25) is 0 Å². The number of hydrogen-bond donors (Lipinski definition) is 2. The Morgan fingerprint density at radius 2 is 2.00 bits per heavy atom. The first-order valence-electron chi connectivity index (χ1n) is 8.09. The smallest absolute Gasteiger partial charge is 0.336 e. The van der Waals surface area contributed by atoms with Gasteiger partial charge in [0.05, 0.1) is 0 Å². The molecular formula is C18H22N2O5. The van der Waals surface area contributed by atoms with Gasteiger partial charge in [0, 0.05) is 23.1 Å². The Labute approximate surface area is 145 Å². The summed E-state index contributed by atoms with van der Waals surface area (Å²) in [6.45, 7) is 7.01. The molecule has 2 rings (SSSR count). The third-order valence-corrected chi connectivity index (χ3v) is 3.92. The lowest BCUT2D eigenvalue weighted by molar-refractivity contribution is -0.122. The highest BCUT2D eigenvalue weighted by atomic mass is 16.5. The largest absolute Gasteiger partial charge is 0.483 e. The molecule has 7 nitrogen and oxygen atoms in total. The number of nitrogens with one attached hydrogen (secondary N) is 2. The predicted molar refractivity (Wildman–Crippen MR) is 93.9 cm³/mol. The van der Waals surface area contributed by atoms with Crippen LogP contribution in [0, 0.1) is 13.8 Å². The van der Waals surface area contributed by atoms with E-state index >= 15 is 0 Å². The number of ether oxygens (including phenoxy) is 1. The third-order valence-electron chi connectivity index (χ3n) is 3.92.